The first-order valence-corrected chi connectivity index (χ1v) is 7.09. The lowest BCUT2D eigenvalue weighted by atomic mass is 10.1. The smallest absolute Gasteiger partial charge is 0.387 e. The number of rotatable bonds is 7. The summed E-state index contributed by atoms with van der Waals surface area (Å²) in [5.41, 5.74) is 2.73. The third kappa shape index (κ3) is 4.66. The van der Waals surface area contributed by atoms with Crippen LogP contribution in [-0.4, -0.2) is 11.7 Å². The van der Waals surface area contributed by atoms with Gasteiger partial charge in [0.05, 0.1) is 11.6 Å². The van der Waals surface area contributed by atoms with Gasteiger partial charge in [0, 0.05) is 13.1 Å². The average Bonchev–Trinajstić information content (AvgIpc) is 2.50. The summed E-state index contributed by atoms with van der Waals surface area (Å²) in [4.78, 5) is 0. The lowest BCUT2D eigenvalue weighted by Crippen LogP contribution is -2.14. The lowest BCUT2D eigenvalue weighted by Gasteiger charge is -2.11. The van der Waals surface area contributed by atoms with E-state index in [4.69, 9.17) is 11.6 Å². The average molecular weight is 328 g/mol. The van der Waals surface area contributed by atoms with Gasteiger partial charge >= 0.3 is 6.61 Å². The van der Waals surface area contributed by atoms with Crippen molar-refractivity contribution in [3.63, 3.8) is 0 Å². The molecule has 0 fully saturated rings. The zero-order chi connectivity index (χ0) is 15.9. The molecule has 118 valence electrons. The van der Waals surface area contributed by atoms with Crippen LogP contribution in [0, 0.1) is 0 Å². The Hall–Kier alpha value is -1.69. The molecule has 0 radical (unpaired) electrons. The molecule has 0 atom stereocenters. The molecule has 2 rings (SSSR count). The number of halogens is 3. The van der Waals surface area contributed by atoms with Crippen LogP contribution in [0.15, 0.2) is 42.5 Å². The molecule has 0 bridgehead atoms. The number of alkyl halides is 2. The molecule has 2 aromatic rings. The van der Waals surface area contributed by atoms with Crippen molar-refractivity contribution in [2.24, 2.45) is 0 Å². The predicted octanol–water partition coefficient (Wildman–Crippen LogP) is 3.72. The van der Waals surface area contributed by atoms with Crippen LogP contribution in [-0.2, 0) is 19.7 Å². The van der Waals surface area contributed by atoms with Gasteiger partial charge in [0.15, 0.2) is 0 Å². The molecular formula is C16H16ClF2NO2. The zero-order valence-electron chi connectivity index (χ0n) is 11.7. The number of benzene rings is 2. The minimum Gasteiger partial charge on any atom is -0.433 e. The minimum absolute atomic E-state index is 0.0106. The highest BCUT2D eigenvalue weighted by Crippen LogP contribution is 2.26. The normalized spacial score (nSPS) is 11.0. The fourth-order valence-corrected chi connectivity index (χ4v) is 2.32. The summed E-state index contributed by atoms with van der Waals surface area (Å²) in [7, 11) is 0. The number of nitrogens with one attached hydrogen (secondary N) is 1. The molecule has 0 saturated heterocycles. The van der Waals surface area contributed by atoms with Gasteiger partial charge in [-0.15, -0.1) is 0 Å². The first-order valence-electron chi connectivity index (χ1n) is 6.71. The topological polar surface area (TPSA) is 41.5 Å². The van der Waals surface area contributed by atoms with Gasteiger partial charge in [-0.25, -0.2) is 0 Å². The Balaban J connectivity index is 1.93. The van der Waals surface area contributed by atoms with Gasteiger partial charge < -0.3 is 15.2 Å². The standard InChI is InChI=1S/C16H16ClF2NO2/c17-14-7-11(5-6-15(14)22-16(18)19)8-20-9-12-3-1-2-4-13(12)10-21/h1-7,16,20-21H,8-10H2. The molecule has 0 amide bonds. The van der Waals surface area contributed by atoms with Crippen molar-refractivity contribution in [1.82, 2.24) is 5.32 Å². The van der Waals surface area contributed by atoms with E-state index in [-0.39, 0.29) is 17.4 Å². The van der Waals surface area contributed by atoms with Gasteiger partial charge in [0.25, 0.3) is 0 Å². The van der Waals surface area contributed by atoms with E-state index in [0.717, 1.165) is 16.7 Å². The Labute approximate surface area is 132 Å². The van der Waals surface area contributed by atoms with E-state index in [2.05, 4.69) is 10.1 Å². The molecule has 0 heterocycles. The van der Waals surface area contributed by atoms with E-state index < -0.39 is 6.61 Å². The fourth-order valence-electron chi connectivity index (χ4n) is 2.07. The SMILES string of the molecule is OCc1ccccc1CNCc1ccc(OC(F)F)c(Cl)c1. The van der Waals surface area contributed by atoms with Crippen LogP contribution in [0.4, 0.5) is 8.78 Å². The summed E-state index contributed by atoms with van der Waals surface area (Å²) >= 11 is 5.90. The van der Waals surface area contributed by atoms with Crippen molar-refractivity contribution in [3.8, 4) is 5.75 Å². The molecule has 0 aromatic heterocycles. The Morgan fingerprint density at radius 2 is 1.82 bits per heavy atom. The first-order chi connectivity index (χ1) is 10.6. The molecule has 0 saturated carbocycles. The van der Waals surface area contributed by atoms with Gasteiger partial charge in [-0.1, -0.05) is 41.9 Å². The molecule has 22 heavy (non-hydrogen) atoms. The van der Waals surface area contributed by atoms with Crippen LogP contribution in [0.1, 0.15) is 16.7 Å². The van der Waals surface area contributed by atoms with E-state index in [1.54, 1.807) is 12.1 Å². The molecule has 0 spiro atoms. The molecule has 2 aromatic carbocycles. The number of aliphatic hydroxyl groups is 1. The van der Waals surface area contributed by atoms with Gasteiger partial charge in [-0.05, 0) is 28.8 Å². The number of hydrogen-bond donors (Lipinski definition) is 2. The molecule has 0 unspecified atom stereocenters. The highest BCUT2D eigenvalue weighted by atomic mass is 35.5. The van der Waals surface area contributed by atoms with Crippen LogP contribution in [0.5, 0.6) is 5.75 Å². The highest BCUT2D eigenvalue weighted by molar-refractivity contribution is 6.32. The molecule has 2 N–H and O–H groups in total. The van der Waals surface area contributed by atoms with E-state index >= 15 is 0 Å². The summed E-state index contributed by atoms with van der Waals surface area (Å²) in [6.45, 7) is -1.79. The third-order valence-corrected chi connectivity index (χ3v) is 3.44. The quantitative estimate of drug-likeness (QED) is 0.814. The summed E-state index contributed by atoms with van der Waals surface area (Å²) in [5.74, 6) is -0.0361. The van der Waals surface area contributed by atoms with Crippen molar-refractivity contribution < 1.29 is 18.6 Å². The van der Waals surface area contributed by atoms with E-state index in [1.165, 1.54) is 6.07 Å². The Morgan fingerprint density at radius 1 is 1.09 bits per heavy atom. The number of ether oxygens (including phenoxy) is 1. The highest BCUT2D eigenvalue weighted by Gasteiger charge is 2.09. The second-order valence-electron chi connectivity index (χ2n) is 4.67. The van der Waals surface area contributed by atoms with Crippen LogP contribution >= 0.6 is 11.6 Å². The van der Waals surface area contributed by atoms with Gasteiger partial charge in [0.2, 0.25) is 0 Å². The maximum atomic E-state index is 12.1. The monoisotopic (exact) mass is 327 g/mol. The van der Waals surface area contributed by atoms with Crippen molar-refractivity contribution in [3.05, 3.63) is 64.2 Å². The summed E-state index contributed by atoms with van der Waals surface area (Å²) in [6, 6.07) is 12.3. The minimum atomic E-state index is -2.89. The second kappa shape index (κ2) is 8.08. The van der Waals surface area contributed by atoms with E-state index in [1.807, 2.05) is 24.3 Å². The van der Waals surface area contributed by atoms with Crippen LogP contribution in [0.25, 0.3) is 0 Å². The largest absolute Gasteiger partial charge is 0.433 e. The molecular weight excluding hydrogens is 312 g/mol. The summed E-state index contributed by atoms with van der Waals surface area (Å²) in [5, 5.41) is 12.6. The summed E-state index contributed by atoms with van der Waals surface area (Å²) in [6.07, 6.45) is 0. The van der Waals surface area contributed by atoms with Crippen LogP contribution < -0.4 is 10.1 Å². The number of hydrogen-bond acceptors (Lipinski definition) is 3. The number of aliphatic hydroxyl groups excluding tert-OH is 1. The van der Waals surface area contributed by atoms with Crippen molar-refractivity contribution in [2.45, 2.75) is 26.3 Å². The Morgan fingerprint density at radius 3 is 2.45 bits per heavy atom. The fraction of sp³-hybridized carbons (Fsp3) is 0.250. The van der Waals surface area contributed by atoms with E-state index in [9.17, 15) is 13.9 Å². The second-order valence-corrected chi connectivity index (χ2v) is 5.08. The van der Waals surface area contributed by atoms with Crippen molar-refractivity contribution in [1.29, 1.82) is 0 Å². The van der Waals surface area contributed by atoms with Crippen LogP contribution in [0.3, 0.4) is 0 Å². The van der Waals surface area contributed by atoms with Crippen LogP contribution in [0.2, 0.25) is 5.02 Å². The molecule has 0 aliphatic rings. The van der Waals surface area contributed by atoms with Gasteiger partial charge in [-0.2, -0.15) is 8.78 Å². The predicted molar refractivity (Wildman–Crippen MR) is 81.0 cm³/mol. The third-order valence-electron chi connectivity index (χ3n) is 3.15. The molecule has 3 nitrogen and oxygen atoms in total. The van der Waals surface area contributed by atoms with Gasteiger partial charge in [-0.3, -0.25) is 0 Å². The maximum Gasteiger partial charge on any atom is 0.387 e. The van der Waals surface area contributed by atoms with Gasteiger partial charge in [0.1, 0.15) is 5.75 Å². The summed E-state index contributed by atoms with van der Waals surface area (Å²) < 4.78 is 28.6. The Kier molecular flexibility index (Phi) is 6.12. The Bertz CT molecular complexity index is 623. The first kappa shape index (κ1) is 16.7. The zero-order valence-corrected chi connectivity index (χ0v) is 12.5. The molecule has 0 aliphatic carbocycles. The molecule has 0 aliphatic heterocycles. The maximum absolute atomic E-state index is 12.1. The molecule has 6 heteroatoms. The lowest BCUT2D eigenvalue weighted by molar-refractivity contribution is -0.0497. The van der Waals surface area contributed by atoms with Crippen molar-refractivity contribution in [2.75, 3.05) is 0 Å². The van der Waals surface area contributed by atoms with Crippen molar-refractivity contribution >= 4 is 11.6 Å². The van der Waals surface area contributed by atoms with E-state index in [0.29, 0.717) is 13.1 Å².